The number of hydrogen-bond donors (Lipinski definition) is 0. The molecule has 0 N–H and O–H groups in total. The monoisotopic (exact) mass is 365 g/mol. The number of hydrogen-bond acceptors (Lipinski definition) is 3. The van der Waals surface area contributed by atoms with Crippen molar-refractivity contribution < 1.29 is 8.42 Å². The summed E-state index contributed by atoms with van der Waals surface area (Å²) in [5.41, 5.74) is 1.93. The summed E-state index contributed by atoms with van der Waals surface area (Å²) in [6, 6.07) is 6.16. The molecule has 24 heavy (non-hydrogen) atoms. The lowest BCUT2D eigenvalue weighted by Crippen LogP contribution is -2.31. The van der Waals surface area contributed by atoms with Gasteiger partial charge in [0, 0.05) is 10.6 Å². The van der Waals surface area contributed by atoms with Gasteiger partial charge in [0.2, 0.25) is 10.0 Å². The second-order valence-corrected chi connectivity index (χ2v) is 9.75. The first kappa shape index (κ1) is 16.1. The fourth-order valence-electron chi connectivity index (χ4n) is 3.90. The summed E-state index contributed by atoms with van der Waals surface area (Å²) in [5, 5.41) is 5.06. The molecule has 2 unspecified atom stereocenters. The third-order valence-electron chi connectivity index (χ3n) is 4.86. The van der Waals surface area contributed by atoms with Crippen LogP contribution in [0.15, 0.2) is 35.4 Å². The Labute approximate surface area is 147 Å². The van der Waals surface area contributed by atoms with Crippen molar-refractivity contribution in [3.63, 3.8) is 0 Å². The summed E-state index contributed by atoms with van der Waals surface area (Å²) in [6.45, 7) is 6.26. The normalized spacial score (nSPS) is 23.7. The zero-order chi connectivity index (χ0) is 17.3. The molecule has 2 aliphatic rings. The number of rotatable bonds is 2. The van der Waals surface area contributed by atoms with Crippen LogP contribution in [0.3, 0.4) is 0 Å². The third kappa shape index (κ3) is 2.16. The van der Waals surface area contributed by atoms with E-state index in [0.29, 0.717) is 9.92 Å². The first-order valence-electron chi connectivity index (χ1n) is 8.08. The molecule has 1 saturated heterocycles. The lowest BCUT2D eigenvalue weighted by molar-refractivity contribution is 0.306. The highest BCUT2D eigenvalue weighted by Gasteiger charge is 2.53. The van der Waals surface area contributed by atoms with Crippen molar-refractivity contribution in [1.82, 2.24) is 14.1 Å². The van der Waals surface area contributed by atoms with E-state index >= 15 is 0 Å². The minimum Gasteiger partial charge on any atom is -0.262 e. The van der Waals surface area contributed by atoms with Crippen LogP contribution >= 0.6 is 11.6 Å². The first-order valence-corrected chi connectivity index (χ1v) is 9.90. The zero-order valence-corrected chi connectivity index (χ0v) is 15.5. The minimum atomic E-state index is -3.56. The van der Waals surface area contributed by atoms with Crippen molar-refractivity contribution in [2.45, 2.75) is 56.1 Å². The quantitative estimate of drug-likeness (QED) is 0.811. The molecule has 4 rings (SSSR count). The highest BCUT2D eigenvalue weighted by atomic mass is 35.5. The largest absolute Gasteiger partial charge is 0.262 e. The summed E-state index contributed by atoms with van der Waals surface area (Å²) in [7, 11) is -3.56. The Balaban J connectivity index is 1.80. The standard InChI is InChI=1S/C17H20ClN3O2S/c1-17(2,3)21-16-13(10-19-21)14-8-9-15(16)20(14)24(22,23)12-6-4-11(18)5-7-12/h4-7,10,14-15H,8-9H2,1-3H3. The van der Waals surface area contributed by atoms with Gasteiger partial charge in [0.25, 0.3) is 0 Å². The Bertz CT molecular complexity index is 897. The SMILES string of the molecule is CC(C)(C)n1ncc2c1C1CCC2N1S(=O)(=O)c1ccc(Cl)cc1. The van der Waals surface area contributed by atoms with E-state index in [1.807, 2.05) is 10.9 Å². The number of benzene rings is 1. The van der Waals surface area contributed by atoms with E-state index in [-0.39, 0.29) is 17.6 Å². The van der Waals surface area contributed by atoms with E-state index in [1.54, 1.807) is 28.6 Å². The van der Waals surface area contributed by atoms with Gasteiger partial charge in [0.15, 0.2) is 0 Å². The highest BCUT2D eigenvalue weighted by Crippen LogP contribution is 2.56. The predicted molar refractivity (Wildman–Crippen MR) is 92.4 cm³/mol. The van der Waals surface area contributed by atoms with E-state index in [2.05, 4.69) is 25.9 Å². The van der Waals surface area contributed by atoms with E-state index in [9.17, 15) is 8.42 Å². The topological polar surface area (TPSA) is 55.2 Å². The van der Waals surface area contributed by atoms with Crippen LogP contribution < -0.4 is 0 Å². The van der Waals surface area contributed by atoms with Gasteiger partial charge >= 0.3 is 0 Å². The second kappa shape index (κ2) is 5.07. The average Bonchev–Trinajstić information content (AvgIpc) is 3.17. The zero-order valence-electron chi connectivity index (χ0n) is 13.9. The van der Waals surface area contributed by atoms with Crippen LogP contribution in [0, 0.1) is 0 Å². The second-order valence-electron chi connectivity index (χ2n) is 7.47. The van der Waals surface area contributed by atoms with Crippen LogP contribution in [0.4, 0.5) is 0 Å². The fourth-order valence-corrected chi connectivity index (χ4v) is 5.84. The summed E-state index contributed by atoms with van der Waals surface area (Å²) < 4.78 is 30.0. The number of nitrogens with zero attached hydrogens (tertiary/aromatic N) is 3. The molecule has 2 atom stereocenters. The van der Waals surface area contributed by atoms with Crippen molar-refractivity contribution in [2.75, 3.05) is 0 Å². The fraction of sp³-hybridized carbons (Fsp3) is 0.471. The van der Waals surface area contributed by atoms with Crippen LogP contribution in [0.25, 0.3) is 0 Å². The summed E-state index contributed by atoms with van der Waals surface area (Å²) in [5.74, 6) is 0. The van der Waals surface area contributed by atoms with E-state index in [4.69, 9.17) is 11.6 Å². The molecule has 128 valence electrons. The van der Waals surface area contributed by atoms with Crippen molar-refractivity contribution >= 4 is 21.6 Å². The Hall–Kier alpha value is -1.37. The Morgan fingerprint density at radius 2 is 1.75 bits per heavy atom. The molecule has 0 aliphatic carbocycles. The van der Waals surface area contributed by atoms with Gasteiger partial charge in [-0.3, -0.25) is 4.68 Å². The average molecular weight is 366 g/mol. The minimum absolute atomic E-state index is 0.109. The van der Waals surface area contributed by atoms with Crippen LogP contribution in [0.5, 0.6) is 0 Å². The van der Waals surface area contributed by atoms with Crippen LogP contribution in [-0.4, -0.2) is 22.5 Å². The molecule has 1 aromatic carbocycles. The molecule has 2 aliphatic heterocycles. The number of halogens is 1. The van der Waals surface area contributed by atoms with Crippen molar-refractivity contribution in [2.24, 2.45) is 0 Å². The Morgan fingerprint density at radius 1 is 1.12 bits per heavy atom. The van der Waals surface area contributed by atoms with Gasteiger partial charge in [-0.1, -0.05) is 11.6 Å². The van der Waals surface area contributed by atoms with E-state index < -0.39 is 10.0 Å². The van der Waals surface area contributed by atoms with Crippen molar-refractivity contribution in [3.05, 3.63) is 46.7 Å². The van der Waals surface area contributed by atoms with Gasteiger partial charge in [-0.25, -0.2) is 8.42 Å². The van der Waals surface area contributed by atoms with Crippen LogP contribution in [0.1, 0.15) is 57.0 Å². The maximum atomic E-state index is 13.2. The van der Waals surface area contributed by atoms with Crippen LogP contribution in [0.2, 0.25) is 5.02 Å². The summed E-state index contributed by atoms with van der Waals surface area (Å²) in [6.07, 6.45) is 3.53. The molecule has 1 aromatic heterocycles. The molecule has 0 saturated carbocycles. The molecule has 3 heterocycles. The van der Waals surface area contributed by atoms with Gasteiger partial charge in [-0.05, 0) is 57.9 Å². The molecule has 0 spiro atoms. The maximum Gasteiger partial charge on any atom is 0.244 e. The molecule has 0 amide bonds. The molecule has 2 bridgehead atoms. The summed E-state index contributed by atoms with van der Waals surface area (Å²) >= 11 is 5.90. The third-order valence-corrected chi connectivity index (χ3v) is 7.05. The van der Waals surface area contributed by atoms with Gasteiger partial charge in [0.1, 0.15) is 0 Å². The molecular weight excluding hydrogens is 346 g/mol. The first-order chi connectivity index (χ1) is 11.2. The highest BCUT2D eigenvalue weighted by molar-refractivity contribution is 7.89. The van der Waals surface area contributed by atoms with Gasteiger partial charge < -0.3 is 0 Å². The van der Waals surface area contributed by atoms with E-state index in [1.165, 1.54) is 0 Å². The lowest BCUT2D eigenvalue weighted by Gasteiger charge is -2.26. The van der Waals surface area contributed by atoms with Gasteiger partial charge in [0.05, 0.1) is 34.4 Å². The summed E-state index contributed by atoms with van der Waals surface area (Å²) in [4.78, 5) is 0.296. The number of fused-ring (bicyclic) bond motifs is 5. The molecule has 1 fully saturated rings. The molecular formula is C17H20ClN3O2S. The Morgan fingerprint density at radius 3 is 2.38 bits per heavy atom. The number of aromatic nitrogens is 2. The lowest BCUT2D eigenvalue weighted by atomic mass is 9.97. The number of sulfonamides is 1. The molecule has 7 heteroatoms. The van der Waals surface area contributed by atoms with E-state index in [0.717, 1.165) is 24.1 Å². The van der Waals surface area contributed by atoms with Gasteiger partial charge in [-0.2, -0.15) is 9.40 Å². The Kier molecular flexibility index (Phi) is 3.40. The molecule has 2 aromatic rings. The van der Waals surface area contributed by atoms with Crippen LogP contribution in [-0.2, 0) is 15.6 Å². The smallest absolute Gasteiger partial charge is 0.244 e. The predicted octanol–water partition coefficient (Wildman–Crippen LogP) is 3.87. The molecule has 5 nitrogen and oxygen atoms in total. The molecule has 0 radical (unpaired) electrons. The van der Waals surface area contributed by atoms with Crippen molar-refractivity contribution in [3.8, 4) is 0 Å². The maximum absolute atomic E-state index is 13.2. The van der Waals surface area contributed by atoms with Crippen molar-refractivity contribution in [1.29, 1.82) is 0 Å². The van der Waals surface area contributed by atoms with Gasteiger partial charge in [-0.15, -0.1) is 0 Å².